The Balaban J connectivity index is 1.64. The maximum Gasteiger partial charge on any atom is 0.225 e. The van der Waals surface area contributed by atoms with Gasteiger partial charge in [0.05, 0.1) is 0 Å². The molecule has 0 bridgehead atoms. The predicted octanol–water partition coefficient (Wildman–Crippen LogP) is 1.95. The van der Waals surface area contributed by atoms with Gasteiger partial charge in [0.2, 0.25) is 5.91 Å². The summed E-state index contributed by atoms with van der Waals surface area (Å²) < 4.78 is 0. The number of carbonyl (C=O) groups is 1. The minimum atomic E-state index is 0.0911. The Morgan fingerprint density at radius 2 is 2.00 bits per heavy atom. The third-order valence-corrected chi connectivity index (χ3v) is 3.81. The standard InChI is InChI=1S/C16H25N3O/c1-19(13-14-7-10-17-11-8-14)12-9-16(20)18-15-5-3-2-4-6-15/h2-6,14,17H,7-13H2,1H3,(H,18,20). The maximum atomic E-state index is 11.9. The average Bonchev–Trinajstić information content (AvgIpc) is 2.47. The first kappa shape index (κ1) is 15.0. The molecule has 0 aliphatic carbocycles. The van der Waals surface area contributed by atoms with E-state index < -0.39 is 0 Å². The first-order valence-corrected chi connectivity index (χ1v) is 7.48. The van der Waals surface area contributed by atoms with Crippen LogP contribution in [0, 0.1) is 5.92 Å². The zero-order valence-electron chi connectivity index (χ0n) is 12.3. The highest BCUT2D eigenvalue weighted by Crippen LogP contribution is 2.13. The quantitative estimate of drug-likeness (QED) is 0.834. The molecule has 0 saturated carbocycles. The monoisotopic (exact) mass is 275 g/mol. The van der Waals surface area contributed by atoms with Gasteiger partial charge in [-0.15, -0.1) is 0 Å². The van der Waals surface area contributed by atoms with Crippen molar-refractivity contribution in [3.8, 4) is 0 Å². The fourth-order valence-corrected chi connectivity index (χ4v) is 2.63. The van der Waals surface area contributed by atoms with E-state index in [9.17, 15) is 4.79 Å². The second kappa shape index (κ2) is 8.02. The second-order valence-electron chi connectivity index (χ2n) is 5.62. The summed E-state index contributed by atoms with van der Waals surface area (Å²) in [6.45, 7) is 4.18. The molecular formula is C16H25N3O. The lowest BCUT2D eigenvalue weighted by Gasteiger charge is -2.27. The van der Waals surface area contributed by atoms with Gasteiger partial charge in [0.15, 0.2) is 0 Å². The molecule has 0 spiro atoms. The number of hydrogen-bond donors (Lipinski definition) is 2. The fourth-order valence-electron chi connectivity index (χ4n) is 2.63. The van der Waals surface area contributed by atoms with Crippen LogP contribution in [0.1, 0.15) is 19.3 Å². The van der Waals surface area contributed by atoms with Crippen molar-refractivity contribution in [3.05, 3.63) is 30.3 Å². The van der Waals surface area contributed by atoms with E-state index in [0.717, 1.165) is 37.8 Å². The Morgan fingerprint density at radius 3 is 2.70 bits per heavy atom. The summed E-state index contributed by atoms with van der Waals surface area (Å²) in [4.78, 5) is 14.1. The Hall–Kier alpha value is -1.39. The van der Waals surface area contributed by atoms with Crippen molar-refractivity contribution in [2.45, 2.75) is 19.3 Å². The molecule has 1 aromatic carbocycles. The van der Waals surface area contributed by atoms with Gasteiger partial charge in [-0.25, -0.2) is 0 Å². The molecule has 2 N–H and O–H groups in total. The summed E-state index contributed by atoms with van der Waals surface area (Å²) in [5.74, 6) is 0.867. The molecule has 20 heavy (non-hydrogen) atoms. The molecule has 0 unspecified atom stereocenters. The van der Waals surface area contributed by atoms with Crippen LogP contribution in [0.4, 0.5) is 5.69 Å². The lowest BCUT2D eigenvalue weighted by molar-refractivity contribution is -0.116. The molecule has 0 radical (unpaired) electrons. The Kier molecular flexibility index (Phi) is 6.02. The van der Waals surface area contributed by atoms with Crippen molar-refractivity contribution >= 4 is 11.6 Å². The zero-order chi connectivity index (χ0) is 14.2. The smallest absolute Gasteiger partial charge is 0.225 e. The maximum absolute atomic E-state index is 11.9. The van der Waals surface area contributed by atoms with Crippen molar-refractivity contribution in [1.29, 1.82) is 0 Å². The molecule has 1 heterocycles. The minimum Gasteiger partial charge on any atom is -0.326 e. The van der Waals surface area contributed by atoms with Gasteiger partial charge in [-0.1, -0.05) is 18.2 Å². The summed E-state index contributed by atoms with van der Waals surface area (Å²) in [5.41, 5.74) is 0.874. The van der Waals surface area contributed by atoms with Crippen LogP contribution in [0.15, 0.2) is 30.3 Å². The van der Waals surface area contributed by atoms with Gasteiger partial charge in [0, 0.05) is 25.2 Å². The Morgan fingerprint density at radius 1 is 1.30 bits per heavy atom. The molecule has 0 aromatic heterocycles. The molecule has 1 aliphatic heterocycles. The van der Waals surface area contributed by atoms with E-state index in [0.29, 0.717) is 6.42 Å². The second-order valence-corrected chi connectivity index (χ2v) is 5.62. The van der Waals surface area contributed by atoms with E-state index in [1.807, 2.05) is 30.3 Å². The van der Waals surface area contributed by atoms with E-state index in [1.54, 1.807) is 0 Å². The number of para-hydroxylation sites is 1. The van der Waals surface area contributed by atoms with E-state index in [1.165, 1.54) is 12.8 Å². The van der Waals surface area contributed by atoms with Crippen LogP contribution < -0.4 is 10.6 Å². The number of nitrogens with one attached hydrogen (secondary N) is 2. The van der Waals surface area contributed by atoms with Crippen LogP contribution in [-0.4, -0.2) is 44.0 Å². The number of rotatable bonds is 6. The highest BCUT2D eigenvalue weighted by atomic mass is 16.1. The number of anilines is 1. The minimum absolute atomic E-state index is 0.0911. The lowest BCUT2D eigenvalue weighted by Crippen LogP contribution is -2.35. The number of amides is 1. The van der Waals surface area contributed by atoms with Gasteiger partial charge in [-0.2, -0.15) is 0 Å². The van der Waals surface area contributed by atoms with Crippen molar-refractivity contribution in [3.63, 3.8) is 0 Å². The van der Waals surface area contributed by atoms with Gasteiger partial charge in [-0.3, -0.25) is 4.79 Å². The van der Waals surface area contributed by atoms with Crippen LogP contribution in [0.3, 0.4) is 0 Å². The molecule has 1 fully saturated rings. The molecule has 4 heteroatoms. The summed E-state index contributed by atoms with van der Waals surface area (Å²) in [6, 6.07) is 9.63. The average molecular weight is 275 g/mol. The van der Waals surface area contributed by atoms with Crippen LogP contribution in [0.2, 0.25) is 0 Å². The zero-order valence-corrected chi connectivity index (χ0v) is 12.3. The topological polar surface area (TPSA) is 44.4 Å². The lowest BCUT2D eigenvalue weighted by atomic mass is 9.98. The van der Waals surface area contributed by atoms with Gasteiger partial charge in [0.25, 0.3) is 0 Å². The number of nitrogens with zero attached hydrogens (tertiary/aromatic N) is 1. The molecule has 0 atom stereocenters. The summed E-state index contributed by atoms with van der Waals surface area (Å²) in [5, 5.41) is 6.31. The number of hydrogen-bond acceptors (Lipinski definition) is 3. The molecule has 1 aromatic rings. The molecule has 1 amide bonds. The molecule has 4 nitrogen and oxygen atoms in total. The number of benzene rings is 1. The largest absolute Gasteiger partial charge is 0.326 e. The van der Waals surface area contributed by atoms with E-state index >= 15 is 0 Å². The van der Waals surface area contributed by atoms with Gasteiger partial charge >= 0.3 is 0 Å². The highest BCUT2D eigenvalue weighted by Gasteiger charge is 2.15. The van der Waals surface area contributed by atoms with Crippen molar-refractivity contribution in [1.82, 2.24) is 10.2 Å². The molecule has 110 valence electrons. The first-order valence-electron chi connectivity index (χ1n) is 7.48. The normalized spacial score (nSPS) is 16.3. The predicted molar refractivity (Wildman–Crippen MR) is 82.8 cm³/mol. The highest BCUT2D eigenvalue weighted by molar-refractivity contribution is 5.90. The van der Waals surface area contributed by atoms with E-state index in [2.05, 4.69) is 22.6 Å². The number of piperidine rings is 1. The molecule has 2 rings (SSSR count). The SMILES string of the molecule is CN(CCC(=O)Nc1ccccc1)CC1CCNCC1. The third kappa shape index (κ3) is 5.31. The van der Waals surface area contributed by atoms with Crippen LogP contribution in [-0.2, 0) is 4.79 Å². The number of carbonyl (C=O) groups excluding carboxylic acids is 1. The van der Waals surface area contributed by atoms with Gasteiger partial charge < -0.3 is 15.5 Å². The van der Waals surface area contributed by atoms with E-state index in [-0.39, 0.29) is 5.91 Å². The third-order valence-electron chi connectivity index (χ3n) is 3.81. The molecule has 1 aliphatic rings. The van der Waals surface area contributed by atoms with Crippen LogP contribution >= 0.6 is 0 Å². The van der Waals surface area contributed by atoms with Gasteiger partial charge in [0.1, 0.15) is 0 Å². The summed E-state index contributed by atoms with van der Waals surface area (Å²) >= 11 is 0. The summed E-state index contributed by atoms with van der Waals surface area (Å²) in [7, 11) is 2.11. The van der Waals surface area contributed by atoms with Crippen molar-refractivity contribution < 1.29 is 4.79 Å². The van der Waals surface area contributed by atoms with Gasteiger partial charge in [-0.05, 0) is 51.0 Å². The molecule has 1 saturated heterocycles. The first-order chi connectivity index (χ1) is 9.74. The van der Waals surface area contributed by atoms with E-state index in [4.69, 9.17) is 0 Å². The van der Waals surface area contributed by atoms with Crippen LogP contribution in [0.5, 0.6) is 0 Å². The summed E-state index contributed by atoms with van der Waals surface area (Å²) in [6.07, 6.45) is 3.05. The van der Waals surface area contributed by atoms with Crippen molar-refractivity contribution in [2.75, 3.05) is 38.5 Å². The Labute approximate surface area is 121 Å². The van der Waals surface area contributed by atoms with Crippen molar-refractivity contribution in [2.24, 2.45) is 5.92 Å². The van der Waals surface area contributed by atoms with Crippen LogP contribution in [0.25, 0.3) is 0 Å². The molecular weight excluding hydrogens is 250 g/mol. The fraction of sp³-hybridized carbons (Fsp3) is 0.562. The Bertz CT molecular complexity index is 401.